The van der Waals surface area contributed by atoms with Crippen molar-refractivity contribution in [1.82, 2.24) is 14.7 Å². The Morgan fingerprint density at radius 1 is 1.10 bits per heavy atom. The van der Waals surface area contributed by atoms with Gasteiger partial charge in [-0.15, -0.1) is 0 Å². The van der Waals surface area contributed by atoms with Crippen LogP contribution in [0.4, 0.5) is 0 Å². The number of nitrogens with two attached hydrogens (primary N) is 1. The first kappa shape index (κ1) is 17.2. The van der Waals surface area contributed by atoms with E-state index in [0.717, 1.165) is 11.8 Å². The first-order valence-corrected chi connectivity index (χ1v) is 8.84. The van der Waals surface area contributed by atoms with Crippen LogP contribution in [0.3, 0.4) is 0 Å². The summed E-state index contributed by atoms with van der Waals surface area (Å²) in [6, 6.07) is 1.02. The van der Waals surface area contributed by atoms with E-state index >= 15 is 0 Å². The van der Waals surface area contributed by atoms with Crippen molar-refractivity contribution >= 4 is 0 Å². The lowest BCUT2D eigenvalue weighted by atomic mass is 9.76. The summed E-state index contributed by atoms with van der Waals surface area (Å²) in [4.78, 5) is 7.56. The molecule has 0 spiro atoms. The van der Waals surface area contributed by atoms with Crippen molar-refractivity contribution in [3.05, 3.63) is 0 Å². The van der Waals surface area contributed by atoms with Gasteiger partial charge in [-0.1, -0.05) is 13.8 Å². The molecule has 0 bridgehead atoms. The van der Waals surface area contributed by atoms with E-state index < -0.39 is 0 Å². The van der Waals surface area contributed by atoms with Crippen molar-refractivity contribution in [2.45, 2.75) is 45.2 Å². The van der Waals surface area contributed by atoms with Crippen molar-refractivity contribution in [3.63, 3.8) is 0 Å². The van der Waals surface area contributed by atoms with E-state index in [9.17, 15) is 0 Å². The highest BCUT2D eigenvalue weighted by Crippen LogP contribution is 2.32. The van der Waals surface area contributed by atoms with Crippen molar-refractivity contribution in [3.8, 4) is 0 Å². The number of hydrogen-bond acceptors (Lipinski definition) is 4. The van der Waals surface area contributed by atoms with E-state index in [1.165, 1.54) is 58.5 Å². The Labute approximate surface area is 131 Å². The zero-order valence-corrected chi connectivity index (χ0v) is 14.6. The molecule has 1 aliphatic carbocycles. The molecule has 1 aliphatic heterocycles. The highest BCUT2D eigenvalue weighted by molar-refractivity contribution is 4.92. The van der Waals surface area contributed by atoms with Gasteiger partial charge in [-0.05, 0) is 45.2 Å². The van der Waals surface area contributed by atoms with E-state index in [4.69, 9.17) is 5.73 Å². The van der Waals surface area contributed by atoms with Crippen molar-refractivity contribution in [2.24, 2.45) is 17.6 Å². The van der Waals surface area contributed by atoms with Crippen LogP contribution in [0.2, 0.25) is 0 Å². The molecule has 0 aromatic rings. The fourth-order valence-corrected chi connectivity index (χ4v) is 3.89. The van der Waals surface area contributed by atoms with Crippen LogP contribution < -0.4 is 5.73 Å². The monoisotopic (exact) mass is 296 g/mol. The summed E-state index contributed by atoms with van der Waals surface area (Å²) in [5.41, 5.74) is 6.44. The molecule has 2 fully saturated rings. The summed E-state index contributed by atoms with van der Waals surface area (Å²) < 4.78 is 0. The van der Waals surface area contributed by atoms with E-state index in [2.05, 4.69) is 42.6 Å². The third-order valence-corrected chi connectivity index (χ3v) is 5.59. The van der Waals surface area contributed by atoms with Gasteiger partial charge in [-0.25, -0.2) is 0 Å². The molecule has 0 amide bonds. The molecule has 4 heteroatoms. The number of piperazine rings is 1. The highest BCUT2D eigenvalue weighted by atomic mass is 15.3. The van der Waals surface area contributed by atoms with Gasteiger partial charge in [-0.2, -0.15) is 0 Å². The van der Waals surface area contributed by atoms with Gasteiger partial charge in [0.25, 0.3) is 0 Å². The fraction of sp³-hybridized carbons (Fsp3) is 1.00. The molecule has 0 radical (unpaired) electrons. The maximum Gasteiger partial charge on any atom is 0.0251 e. The first-order chi connectivity index (χ1) is 9.97. The smallest absolute Gasteiger partial charge is 0.0251 e. The minimum Gasteiger partial charge on any atom is -0.326 e. The quantitative estimate of drug-likeness (QED) is 0.830. The average molecular weight is 297 g/mol. The average Bonchev–Trinajstić information content (AvgIpc) is 2.46. The fourth-order valence-electron chi connectivity index (χ4n) is 3.89. The highest BCUT2D eigenvalue weighted by Gasteiger charge is 2.34. The summed E-state index contributed by atoms with van der Waals surface area (Å²) in [7, 11) is 4.31. The Morgan fingerprint density at radius 2 is 1.76 bits per heavy atom. The molecule has 0 aromatic carbocycles. The van der Waals surface area contributed by atoms with Crippen molar-refractivity contribution in [1.29, 1.82) is 0 Å². The maximum atomic E-state index is 6.44. The predicted molar refractivity (Wildman–Crippen MR) is 90.5 cm³/mol. The molecule has 0 aromatic heterocycles. The zero-order chi connectivity index (χ0) is 15.4. The van der Waals surface area contributed by atoms with Gasteiger partial charge in [0, 0.05) is 51.4 Å². The molecule has 3 atom stereocenters. The van der Waals surface area contributed by atoms with Gasteiger partial charge in [0.05, 0.1) is 0 Å². The Morgan fingerprint density at radius 3 is 2.33 bits per heavy atom. The van der Waals surface area contributed by atoms with E-state index in [0.29, 0.717) is 12.1 Å². The van der Waals surface area contributed by atoms with E-state index in [1.807, 2.05) is 0 Å². The number of likely N-dealkylation sites (N-methyl/N-ethyl adjacent to an activating group) is 1. The Bertz CT molecular complexity index is 297. The molecular weight excluding hydrogens is 260 g/mol. The van der Waals surface area contributed by atoms with Gasteiger partial charge in [0.2, 0.25) is 0 Å². The number of nitrogens with zero attached hydrogens (tertiary/aromatic N) is 3. The van der Waals surface area contributed by atoms with Gasteiger partial charge in [0.15, 0.2) is 0 Å². The molecule has 2 rings (SSSR count). The third-order valence-electron chi connectivity index (χ3n) is 5.59. The molecule has 2 aliphatic rings. The van der Waals surface area contributed by atoms with Gasteiger partial charge in [-0.3, -0.25) is 9.80 Å². The summed E-state index contributed by atoms with van der Waals surface area (Å²) >= 11 is 0. The van der Waals surface area contributed by atoms with E-state index in [1.54, 1.807) is 0 Å². The third kappa shape index (κ3) is 4.92. The standard InChI is InChI=1S/C17H36N4/c1-14(2)15-5-6-16(18)17(13-15)21-11-9-20(10-12-21)8-7-19(3)4/h14-17H,5-13,18H2,1-4H3. The second-order valence-electron chi connectivity index (χ2n) is 7.73. The summed E-state index contributed by atoms with van der Waals surface area (Å²) in [6.07, 6.45) is 3.86. The molecule has 124 valence electrons. The summed E-state index contributed by atoms with van der Waals surface area (Å²) in [5.74, 6) is 1.68. The Balaban J connectivity index is 1.80. The molecule has 2 N–H and O–H groups in total. The molecule has 1 heterocycles. The maximum absolute atomic E-state index is 6.44. The van der Waals surface area contributed by atoms with Gasteiger partial charge >= 0.3 is 0 Å². The first-order valence-electron chi connectivity index (χ1n) is 8.84. The molecule has 4 nitrogen and oxygen atoms in total. The number of hydrogen-bond donors (Lipinski definition) is 1. The van der Waals surface area contributed by atoms with Crippen LogP contribution in [0.25, 0.3) is 0 Å². The van der Waals surface area contributed by atoms with Crippen molar-refractivity contribution < 1.29 is 0 Å². The van der Waals surface area contributed by atoms with Gasteiger partial charge < -0.3 is 10.6 Å². The molecule has 1 saturated carbocycles. The second kappa shape index (κ2) is 7.91. The zero-order valence-electron chi connectivity index (χ0n) is 14.6. The van der Waals surface area contributed by atoms with Crippen LogP contribution in [0.1, 0.15) is 33.1 Å². The molecule has 1 saturated heterocycles. The lowest BCUT2D eigenvalue weighted by Gasteiger charge is -2.46. The molecule has 21 heavy (non-hydrogen) atoms. The van der Waals surface area contributed by atoms with Crippen LogP contribution in [0.5, 0.6) is 0 Å². The van der Waals surface area contributed by atoms with Crippen molar-refractivity contribution in [2.75, 3.05) is 53.4 Å². The minimum absolute atomic E-state index is 0.397. The topological polar surface area (TPSA) is 35.7 Å². The van der Waals surface area contributed by atoms with E-state index in [-0.39, 0.29) is 0 Å². The SMILES string of the molecule is CC(C)C1CCC(N)C(N2CCN(CCN(C)C)CC2)C1. The van der Waals surface area contributed by atoms with Crippen LogP contribution >= 0.6 is 0 Å². The van der Waals surface area contributed by atoms with Crippen LogP contribution in [-0.2, 0) is 0 Å². The summed E-state index contributed by atoms with van der Waals surface area (Å²) in [6.45, 7) is 11.9. The molecule has 3 unspecified atom stereocenters. The lowest BCUT2D eigenvalue weighted by molar-refractivity contribution is 0.0474. The predicted octanol–water partition coefficient (Wildman–Crippen LogP) is 1.32. The number of rotatable bonds is 5. The Hall–Kier alpha value is -0.160. The van der Waals surface area contributed by atoms with Crippen LogP contribution in [0, 0.1) is 11.8 Å². The second-order valence-corrected chi connectivity index (χ2v) is 7.73. The summed E-state index contributed by atoms with van der Waals surface area (Å²) in [5, 5.41) is 0. The lowest BCUT2D eigenvalue weighted by Crippen LogP contribution is -2.58. The molecular formula is C17H36N4. The van der Waals surface area contributed by atoms with Crippen LogP contribution in [0.15, 0.2) is 0 Å². The Kier molecular flexibility index (Phi) is 6.48. The van der Waals surface area contributed by atoms with Crippen LogP contribution in [-0.4, -0.2) is 80.1 Å². The largest absolute Gasteiger partial charge is 0.326 e. The minimum atomic E-state index is 0.397. The normalized spacial score (nSPS) is 33.0. The van der Waals surface area contributed by atoms with Gasteiger partial charge in [0.1, 0.15) is 0 Å².